The summed E-state index contributed by atoms with van der Waals surface area (Å²) in [5, 5.41) is 0. The summed E-state index contributed by atoms with van der Waals surface area (Å²) in [4.78, 5) is 12.1. The number of halogens is 4. The van der Waals surface area contributed by atoms with E-state index in [1.54, 1.807) is 30.3 Å². The molecular formula is C18H16BrF3N2O3S. The fourth-order valence-corrected chi connectivity index (χ4v) is 4.43. The topological polar surface area (TPSA) is 66.5 Å². The summed E-state index contributed by atoms with van der Waals surface area (Å²) in [6.45, 7) is -0.279. The largest absolute Gasteiger partial charge is 0.471 e. The van der Waals surface area contributed by atoms with Crippen LogP contribution in [0, 0.1) is 0 Å². The third-order valence-electron chi connectivity index (χ3n) is 4.44. The normalized spacial score (nSPS) is 14.6. The molecule has 0 aliphatic carbocycles. The number of hydrogen-bond acceptors (Lipinski definition) is 3. The molecular weight excluding hydrogens is 461 g/mol. The van der Waals surface area contributed by atoms with Crippen LogP contribution in [0.1, 0.15) is 16.7 Å². The van der Waals surface area contributed by atoms with E-state index < -0.39 is 22.1 Å². The Morgan fingerprint density at radius 3 is 2.54 bits per heavy atom. The fourth-order valence-electron chi connectivity index (χ4n) is 2.95. The van der Waals surface area contributed by atoms with Gasteiger partial charge in [-0.05, 0) is 41.3 Å². The van der Waals surface area contributed by atoms with Gasteiger partial charge in [-0.1, -0.05) is 40.2 Å². The van der Waals surface area contributed by atoms with Crippen molar-refractivity contribution in [1.82, 2.24) is 9.62 Å². The fraction of sp³-hybridized carbons (Fsp3) is 0.278. The van der Waals surface area contributed by atoms with Crippen molar-refractivity contribution in [3.8, 4) is 0 Å². The van der Waals surface area contributed by atoms with Crippen LogP contribution in [0.4, 0.5) is 13.2 Å². The summed E-state index contributed by atoms with van der Waals surface area (Å²) in [6.07, 6.45) is -4.71. The van der Waals surface area contributed by atoms with E-state index in [0.29, 0.717) is 10.5 Å². The van der Waals surface area contributed by atoms with Crippen molar-refractivity contribution in [1.29, 1.82) is 0 Å². The second kappa shape index (κ2) is 7.84. The van der Waals surface area contributed by atoms with Crippen molar-refractivity contribution in [3.63, 3.8) is 0 Å². The van der Waals surface area contributed by atoms with Crippen LogP contribution in [0.5, 0.6) is 0 Å². The molecule has 0 aromatic heterocycles. The highest BCUT2D eigenvalue weighted by atomic mass is 79.9. The van der Waals surface area contributed by atoms with Crippen molar-refractivity contribution in [3.05, 3.63) is 63.6 Å². The molecule has 1 aliphatic heterocycles. The van der Waals surface area contributed by atoms with Gasteiger partial charge < -0.3 is 4.90 Å². The number of sulfonamides is 1. The van der Waals surface area contributed by atoms with Gasteiger partial charge in [-0.15, -0.1) is 0 Å². The van der Waals surface area contributed by atoms with Crippen LogP contribution in [0.3, 0.4) is 0 Å². The number of carbonyl (C=O) groups excluding carboxylic acids is 1. The van der Waals surface area contributed by atoms with E-state index in [2.05, 4.69) is 20.7 Å². The molecule has 0 bridgehead atoms. The maximum atomic E-state index is 12.7. The van der Waals surface area contributed by atoms with E-state index in [-0.39, 0.29) is 31.0 Å². The molecule has 0 fully saturated rings. The van der Waals surface area contributed by atoms with E-state index in [0.717, 1.165) is 15.6 Å². The lowest BCUT2D eigenvalue weighted by Gasteiger charge is -2.29. The smallest absolute Gasteiger partial charge is 0.330 e. The third kappa shape index (κ3) is 4.56. The van der Waals surface area contributed by atoms with Crippen molar-refractivity contribution < 1.29 is 26.4 Å². The second-order valence-electron chi connectivity index (χ2n) is 6.32. The standard InChI is InChI=1S/C18H16BrF3N2O3S/c19-16-4-2-1-3-13(16)10-23-28(26,27)15-6-5-12-7-8-24(11-14(12)9-15)17(25)18(20,21)22/h1-6,9,23H,7-8,10-11H2. The lowest BCUT2D eigenvalue weighted by atomic mass is 10.00. The van der Waals surface area contributed by atoms with Crippen molar-refractivity contribution in [2.45, 2.75) is 30.6 Å². The molecule has 10 heteroatoms. The lowest BCUT2D eigenvalue weighted by molar-refractivity contribution is -0.186. The summed E-state index contributed by atoms with van der Waals surface area (Å²) in [7, 11) is -3.87. The summed E-state index contributed by atoms with van der Waals surface area (Å²) in [5.41, 5.74) is 1.87. The highest BCUT2D eigenvalue weighted by molar-refractivity contribution is 9.10. The minimum atomic E-state index is -4.95. The van der Waals surface area contributed by atoms with Crippen LogP contribution >= 0.6 is 15.9 Å². The van der Waals surface area contributed by atoms with Crippen molar-refractivity contribution in [2.75, 3.05) is 6.54 Å². The van der Waals surface area contributed by atoms with Gasteiger partial charge in [0.25, 0.3) is 0 Å². The number of nitrogens with zero attached hydrogens (tertiary/aromatic N) is 1. The molecule has 0 radical (unpaired) electrons. The predicted octanol–water partition coefficient (Wildman–Crippen LogP) is 3.37. The first kappa shape index (κ1) is 20.8. The Hall–Kier alpha value is -1.91. The molecule has 28 heavy (non-hydrogen) atoms. The van der Waals surface area contributed by atoms with Crippen LogP contribution in [0.15, 0.2) is 51.8 Å². The number of amides is 1. The van der Waals surface area contributed by atoms with Crippen LogP contribution in [-0.4, -0.2) is 31.9 Å². The van der Waals surface area contributed by atoms with E-state index in [1.165, 1.54) is 12.1 Å². The van der Waals surface area contributed by atoms with Gasteiger partial charge >= 0.3 is 12.1 Å². The monoisotopic (exact) mass is 476 g/mol. The Kier molecular flexibility index (Phi) is 5.83. The van der Waals surface area contributed by atoms with Gasteiger partial charge in [0.1, 0.15) is 0 Å². The van der Waals surface area contributed by atoms with E-state index in [4.69, 9.17) is 0 Å². The molecule has 0 unspecified atom stereocenters. The zero-order valence-corrected chi connectivity index (χ0v) is 16.9. The Labute approximate surface area is 168 Å². The van der Waals surface area contributed by atoms with Gasteiger partial charge in [0.05, 0.1) is 4.90 Å². The molecule has 5 nitrogen and oxygen atoms in total. The lowest BCUT2D eigenvalue weighted by Crippen LogP contribution is -2.43. The van der Waals surface area contributed by atoms with E-state index >= 15 is 0 Å². The molecule has 1 amide bonds. The Morgan fingerprint density at radius 1 is 1.14 bits per heavy atom. The van der Waals surface area contributed by atoms with E-state index in [9.17, 15) is 26.4 Å². The first-order valence-electron chi connectivity index (χ1n) is 8.29. The van der Waals surface area contributed by atoms with Crippen LogP contribution in [-0.2, 0) is 34.3 Å². The van der Waals surface area contributed by atoms with Crippen molar-refractivity contribution in [2.24, 2.45) is 0 Å². The minimum absolute atomic E-state index is 0.0551. The van der Waals surface area contributed by atoms with E-state index in [1.807, 2.05) is 0 Å². The highest BCUT2D eigenvalue weighted by Gasteiger charge is 2.43. The number of benzene rings is 2. The first-order chi connectivity index (χ1) is 13.1. The summed E-state index contributed by atoms with van der Waals surface area (Å²) >= 11 is 3.34. The highest BCUT2D eigenvalue weighted by Crippen LogP contribution is 2.27. The molecule has 150 valence electrons. The van der Waals surface area contributed by atoms with Crippen molar-refractivity contribution >= 4 is 31.9 Å². The second-order valence-corrected chi connectivity index (χ2v) is 8.94. The van der Waals surface area contributed by atoms with Crippen LogP contribution in [0.2, 0.25) is 0 Å². The summed E-state index contributed by atoms with van der Waals surface area (Å²) in [5.74, 6) is -1.92. The molecule has 1 aliphatic rings. The quantitative estimate of drug-likeness (QED) is 0.735. The molecule has 2 aromatic carbocycles. The first-order valence-corrected chi connectivity index (χ1v) is 10.6. The van der Waals surface area contributed by atoms with Gasteiger partial charge in [0.15, 0.2) is 0 Å². The zero-order valence-electron chi connectivity index (χ0n) is 14.5. The third-order valence-corrected chi connectivity index (χ3v) is 6.61. The average molecular weight is 477 g/mol. The Bertz CT molecular complexity index is 1010. The van der Waals surface area contributed by atoms with Crippen LogP contribution in [0.25, 0.3) is 0 Å². The number of alkyl halides is 3. The van der Waals surface area contributed by atoms with Gasteiger partial charge in [-0.25, -0.2) is 13.1 Å². The average Bonchev–Trinajstić information content (AvgIpc) is 2.65. The molecule has 2 aromatic rings. The maximum Gasteiger partial charge on any atom is 0.471 e. The maximum absolute atomic E-state index is 12.7. The minimum Gasteiger partial charge on any atom is -0.330 e. The predicted molar refractivity (Wildman–Crippen MR) is 99.8 cm³/mol. The SMILES string of the molecule is O=C(N1CCc2ccc(S(=O)(=O)NCc3ccccc3Br)cc2C1)C(F)(F)F. The number of rotatable bonds is 4. The zero-order chi connectivity index (χ0) is 20.5. The number of carbonyl (C=O) groups is 1. The number of hydrogen-bond donors (Lipinski definition) is 1. The van der Waals surface area contributed by atoms with Gasteiger partial charge in [-0.2, -0.15) is 13.2 Å². The molecule has 3 rings (SSSR count). The summed E-state index contributed by atoms with van der Waals surface area (Å²) < 4.78 is 66.4. The number of nitrogens with one attached hydrogen (secondary N) is 1. The van der Waals surface area contributed by atoms with Gasteiger partial charge in [0.2, 0.25) is 10.0 Å². The summed E-state index contributed by atoms with van der Waals surface area (Å²) in [6, 6.07) is 11.5. The van der Waals surface area contributed by atoms with Crippen LogP contribution < -0.4 is 4.72 Å². The van der Waals surface area contributed by atoms with Gasteiger partial charge in [0, 0.05) is 24.1 Å². The Balaban J connectivity index is 1.79. The van der Waals surface area contributed by atoms with Gasteiger partial charge in [-0.3, -0.25) is 4.79 Å². The molecule has 0 atom stereocenters. The number of fused-ring (bicyclic) bond motifs is 1. The molecule has 0 spiro atoms. The molecule has 1 heterocycles. The molecule has 0 saturated heterocycles. The molecule has 1 N–H and O–H groups in total. The Morgan fingerprint density at radius 2 is 1.86 bits per heavy atom. The molecule has 0 saturated carbocycles.